The van der Waals surface area contributed by atoms with E-state index >= 15 is 0 Å². The van der Waals surface area contributed by atoms with Crippen LogP contribution in [0.25, 0.3) is 0 Å². The van der Waals surface area contributed by atoms with Gasteiger partial charge in [0.25, 0.3) is 5.92 Å². The van der Waals surface area contributed by atoms with Crippen molar-refractivity contribution in [2.24, 2.45) is 0 Å². The van der Waals surface area contributed by atoms with Gasteiger partial charge in [-0.2, -0.15) is 0 Å². The molecule has 2 heterocycles. The minimum absolute atomic E-state index is 0. The van der Waals surface area contributed by atoms with Crippen LogP contribution in [0.15, 0.2) is 18.2 Å². The largest absolute Gasteiger partial charge is 0.350 e. The van der Waals surface area contributed by atoms with Crippen molar-refractivity contribution in [1.82, 2.24) is 10.6 Å². The fourth-order valence-corrected chi connectivity index (χ4v) is 2.97. The second-order valence-corrected chi connectivity index (χ2v) is 5.98. The van der Waals surface area contributed by atoms with Gasteiger partial charge in [0.2, 0.25) is 11.8 Å². The number of carbonyl (C=O) groups excluding carboxylic acids is 2. The fourth-order valence-electron chi connectivity index (χ4n) is 2.97. The molecule has 1 aromatic carbocycles. The molecule has 0 bridgehead atoms. The highest BCUT2D eigenvalue weighted by Gasteiger charge is 2.43. The molecule has 10 heteroatoms. The minimum atomic E-state index is -2.95. The lowest BCUT2D eigenvalue weighted by atomic mass is 10.1. The smallest absolute Gasteiger partial charge is 0.262 e. The molecular formula is C15H16ClF4N3O2. The molecule has 2 unspecified atom stereocenters. The molecule has 2 N–H and O–H groups in total. The molecule has 0 aliphatic carbocycles. The van der Waals surface area contributed by atoms with Crippen molar-refractivity contribution < 1.29 is 27.2 Å². The topological polar surface area (TPSA) is 61.4 Å². The first kappa shape index (κ1) is 19.5. The summed E-state index contributed by atoms with van der Waals surface area (Å²) < 4.78 is 53.8. The van der Waals surface area contributed by atoms with E-state index in [0.717, 1.165) is 17.0 Å². The normalized spacial score (nSPS) is 25.0. The second kappa shape index (κ2) is 7.17. The molecule has 0 spiro atoms. The highest BCUT2D eigenvalue weighted by atomic mass is 35.5. The standard InChI is InChI=1S/C15H15F4N3O2.ClH/c16-9-2-1-3-10(17)13(9)22-6-8(4-12(22)23)21-14(24)11-5-15(18,19)7-20-11;/h1-3,8,11,20H,4-7H2,(H,21,24);1H. The third-order valence-corrected chi connectivity index (χ3v) is 4.11. The van der Waals surface area contributed by atoms with Crippen LogP contribution in [0.3, 0.4) is 0 Å². The van der Waals surface area contributed by atoms with Crippen LogP contribution in [0.5, 0.6) is 0 Å². The number of halogens is 5. The average molecular weight is 382 g/mol. The maximum absolute atomic E-state index is 13.8. The summed E-state index contributed by atoms with van der Waals surface area (Å²) in [5, 5.41) is 4.90. The van der Waals surface area contributed by atoms with Crippen LogP contribution in [-0.2, 0) is 9.59 Å². The molecule has 138 valence electrons. The van der Waals surface area contributed by atoms with Crippen molar-refractivity contribution in [1.29, 1.82) is 0 Å². The first-order chi connectivity index (χ1) is 11.3. The van der Waals surface area contributed by atoms with Crippen molar-refractivity contribution in [3.8, 4) is 0 Å². The third-order valence-electron chi connectivity index (χ3n) is 4.11. The summed E-state index contributed by atoms with van der Waals surface area (Å²) in [5.74, 6) is -5.91. The maximum Gasteiger partial charge on any atom is 0.262 e. The Kier molecular flexibility index (Phi) is 5.58. The number of para-hydroxylation sites is 1. The number of alkyl halides is 2. The molecule has 2 atom stereocenters. The molecule has 2 aliphatic rings. The number of carbonyl (C=O) groups is 2. The first-order valence-corrected chi connectivity index (χ1v) is 7.43. The fraction of sp³-hybridized carbons (Fsp3) is 0.467. The Morgan fingerprint density at radius 2 is 1.92 bits per heavy atom. The van der Waals surface area contributed by atoms with Gasteiger partial charge >= 0.3 is 0 Å². The van der Waals surface area contributed by atoms with Gasteiger partial charge in [0.1, 0.15) is 17.3 Å². The van der Waals surface area contributed by atoms with Gasteiger partial charge in [-0.15, -0.1) is 12.4 Å². The van der Waals surface area contributed by atoms with Gasteiger partial charge in [0.05, 0.1) is 18.6 Å². The Bertz CT molecular complexity index is 668. The number of nitrogens with one attached hydrogen (secondary N) is 2. The summed E-state index contributed by atoms with van der Waals surface area (Å²) in [5.41, 5.74) is -0.468. The zero-order valence-corrected chi connectivity index (χ0v) is 13.7. The van der Waals surface area contributed by atoms with E-state index in [2.05, 4.69) is 10.6 Å². The molecule has 2 fully saturated rings. The molecule has 2 amide bonds. The summed E-state index contributed by atoms with van der Waals surface area (Å²) in [6.07, 6.45) is -0.770. The number of hydrogen-bond acceptors (Lipinski definition) is 3. The van der Waals surface area contributed by atoms with E-state index in [9.17, 15) is 27.2 Å². The van der Waals surface area contributed by atoms with E-state index in [1.807, 2.05) is 0 Å². The van der Waals surface area contributed by atoms with Gasteiger partial charge in [0.15, 0.2) is 0 Å². The van der Waals surface area contributed by atoms with Gasteiger partial charge in [-0.05, 0) is 12.1 Å². The van der Waals surface area contributed by atoms with Crippen LogP contribution in [0.1, 0.15) is 12.8 Å². The molecule has 2 aliphatic heterocycles. The summed E-state index contributed by atoms with van der Waals surface area (Å²) in [7, 11) is 0. The first-order valence-electron chi connectivity index (χ1n) is 7.43. The summed E-state index contributed by atoms with van der Waals surface area (Å²) in [6.45, 7) is -0.702. The van der Waals surface area contributed by atoms with Crippen molar-refractivity contribution in [2.45, 2.75) is 30.8 Å². The molecule has 25 heavy (non-hydrogen) atoms. The minimum Gasteiger partial charge on any atom is -0.350 e. The van der Waals surface area contributed by atoms with Crippen LogP contribution in [-0.4, -0.2) is 42.9 Å². The number of rotatable bonds is 3. The Balaban J connectivity index is 0.00000225. The van der Waals surface area contributed by atoms with Gasteiger partial charge in [-0.1, -0.05) is 6.07 Å². The zero-order valence-electron chi connectivity index (χ0n) is 12.9. The molecule has 5 nitrogen and oxygen atoms in total. The second-order valence-electron chi connectivity index (χ2n) is 5.98. The maximum atomic E-state index is 13.8. The third kappa shape index (κ3) is 4.04. The summed E-state index contributed by atoms with van der Waals surface area (Å²) in [6, 6.07) is 1.50. The number of amides is 2. The Hall–Kier alpha value is -1.87. The van der Waals surface area contributed by atoms with E-state index in [-0.39, 0.29) is 25.4 Å². The van der Waals surface area contributed by atoms with Crippen LogP contribution < -0.4 is 15.5 Å². The summed E-state index contributed by atoms with van der Waals surface area (Å²) >= 11 is 0. The SMILES string of the molecule is Cl.O=C(NC1CC(=O)N(c2c(F)cccc2F)C1)C1CC(F)(F)CN1. The Morgan fingerprint density at radius 3 is 2.48 bits per heavy atom. The van der Waals surface area contributed by atoms with Crippen molar-refractivity contribution in [3.63, 3.8) is 0 Å². The van der Waals surface area contributed by atoms with E-state index in [4.69, 9.17) is 0 Å². The molecule has 1 aromatic rings. The van der Waals surface area contributed by atoms with Crippen molar-refractivity contribution >= 4 is 29.9 Å². The van der Waals surface area contributed by atoms with Gasteiger partial charge < -0.3 is 10.2 Å². The molecule has 0 aromatic heterocycles. The molecule has 3 rings (SSSR count). The number of hydrogen-bond donors (Lipinski definition) is 2. The predicted octanol–water partition coefficient (Wildman–Crippen LogP) is 1.61. The number of benzene rings is 1. The van der Waals surface area contributed by atoms with Gasteiger partial charge in [-0.3, -0.25) is 14.9 Å². The Morgan fingerprint density at radius 1 is 1.28 bits per heavy atom. The monoisotopic (exact) mass is 381 g/mol. The molecule has 0 radical (unpaired) electrons. The highest BCUT2D eigenvalue weighted by molar-refractivity contribution is 5.97. The van der Waals surface area contributed by atoms with E-state index in [0.29, 0.717) is 0 Å². The highest BCUT2D eigenvalue weighted by Crippen LogP contribution is 2.28. The summed E-state index contributed by atoms with van der Waals surface area (Å²) in [4.78, 5) is 24.9. The Labute approximate surface area is 147 Å². The lowest BCUT2D eigenvalue weighted by molar-refractivity contribution is -0.124. The number of nitrogens with zero attached hydrogens (tertiary/aromatic N) is 1. The lowest BCUT2D eigenvalue weighted by Gasteiger charge is -2.19. The van der Waals surface area contributed by atoms with Crippen LogP contribution in [0, 0.1) is 11.6 Å². The quantitative estimate of drug-likeness (QED) is 0.782. The molecule has 2 saturated heterocycles. The molecular weight excluding hydrogens is 366 g/mol. The molecule has 0 saturated carbocycles. The van der Waals surface area contributed by atoms with Gasteiger partial charge in [0, 0.05) is 19.4 Å². The van der Waals surface area contributed by atoms with Crippen LogP contribution >= 0.6 is 12.4 Å². The predicted molar refractivity (Wildman–Crippen MR) is 83.9 cm³/mol. The van der Waals surface area contributed by atoms with E-state index < -0.39 is 60.1 Å². The van der Waals surface area contributed by atoms with E-state index in [1.165, 1.54) is 6.07 Å². The average Bonchev–Trinajstić information content (AvgIpc) is 3.02. The van der Waals surface area contributed by atoms with Crippen molar-refractivity contribution in [3.05, 3.63) is 29.8 Å². The van der Waals surface area contributed by atoms with Gasteiger partial charge in [-0.25, -0.2) is 17.6 Å². The van der Waals surface area contributed by atoms with Crippen molar-refractivity contribution in [2.75, 3.05) is 18.0 Å². The number of anilines is 1. The lowest BCUT2D eigenvalue weighted by Crippen LogP contribution is -2.46. The van der Waals surface area contributed by atoms with E-state index in [1.54, 1.807) is 0 Å². The zero-order chi connectivity index (χ0) is 17.5. The van der Waals surface area contributed by atoms with Crippen LogP contribution in [0.2, 0.25) is 0 Å². The van der Waals surface area contributed by atoms with Crippen LogP contribution in [0.4, 0.5) is 23.2 Å².